The third-order valence-electron chi connectivity index (χ3n) is 2.02. The summed E-state index contributed by atoms with van der Waals surface area (Å²) < 4.78 is 0.811. The molecule has 1 heterocycles. The van der Waals surface area contributed by atoms with Crippen LogP contribution in [-0.2, 0) is 6.54 Å². The van der Waals surface area contributed by atoms with Gasteiger partial charge in [-0.05, 0) is 17.7 Å². The van der Waals surface area contributed by atoms with Crippen LogP contribution >= 0.6 is 15.9 Å². The van der Waals surface area contributed by atoms with Gasteiger partial charge in [0, 0.05) is 22.1 Å². The lowest BCUT2D eigenvalue weighted by atomic mass is 10.1. The van der Waals surface area contributed by atoms with Crippen LogP contribution in [0.2, 0.25) is 0 Å². The summed E-state index contributed by atoms with van der Waals surface area (Å²) in [6, 6.07) is 3.32. The predicted molar refractivity (Wildman–Crippen MR) is 50.7 cm³/mol. The zero-order chi connectivity index (χ0) is 9.42. The van der Waals surface area contributed by atoms with E-state index in [9.17, 15) is 9.59 Å². The summed E-state index contributed by atoms with van der Waals surface area (Å²) in [4.78, 5) is 21.8. The van der Waals surface area contributed by atoms with Gasteiger partial charge in [-0.2, -0.15) is 0 Å². The maximum absolute atomic E-state index is 11.2. The van der Waals surface area contributed by atoms with E-state index in [2.05, 4.69) is 21.2 Å². The van der Waals surface area contributed by atoms with E-state index < -0.39 is 0 Å². The maximum Gasteiger partial charge on any atom is 0.251 e. The fraction of sp³-hybridized carbons (Fsp3) is 0.111. The highest BCUT2D eigenvalue weighted by Gasteiger charge is 2.21. The monoisotopic (exact) mass is 239 g/mol. The minimum Gasteiger partial charge on any atom is -0.348 e. The molecule has 0 fully saturated rings. The van der Waals surface area contributed by atoms with Crippen molar-refractivity contribution in [2.24, 2.45) is 0 Å². The van der Waals surface area contributed by atoms with Crippen LogP contribution in [0, 0.1) is 0 Å². The highest BCUT2D eigenvalue weighted by atomic mass is 79.9. The lowest BCUT2D eigenvalue weighted by Crippen LogP contribution is -2.12. The number of carbonyl (C=O) groups is 2. The van der Waals surface area contributed by atoms with Crippen molar-refractivity contribution in [1.29, 1.82) is 0 Å². The average molecular weight is 240 g/mol. The number of amides is 1. The Morgan fingerprint density at radius 3 is 2.92 bits per heavy atom. The fourth-order valence-corrected chi connectivity index (χ4v) is 1.99. The largest absolute Gasteiger partial charge is 0.348 e. The van der Waals surface area contributed by atoms with Crippen LogP contribution in [0.5, 0.6) is 0 Å². The Kier molecular flexibility index (Phi) is 1.92. The van der Waals surface area contributed by atoms with Gasteiger partial charge < -0.3 is 5.32 Å². The molecule has 0 saturated carbocycles. The van der Waals surface area contributed by atoms with Gasteiger partial charge in [-0.15, -0.1) is 0 Å². The normalized spacial score (nSPS) is 13.8. The van der Waals surface area contributed by atoms with Crippen molar-refractivity contribution < 1.29 is 9.59 Å². The topological polar surface area (TPSA) is 46.2 Å². The minimum atomic E-state index is -0.112. The standard InChI is InChI=1S/C9H6BrNO2/c10-8-2-5(4-12)1-6-7(8)3-11-9(6)13/h1-2,4H,3H2,(H,11,13). The van der Waals surface area contributed by atoms with Gasteiger partial charge in [0.2, 0.25) is 0 Å². The van der Waals surface area contributed by atoms with Gasteiger partial charge in [0.25, 0.3) is 5.91 Å². The Morgan fingerprint density at radius 1 is 1.46 bits per heavy atom. The van der Waals surface area contributed by atoms with Gasteiger partial charge >= 0.3 is 0 Å². The van der Waals surface area contributed by atoms with Crippen molar-refractivity contribution >= 4 is 28.1 Å². The Bertz CT molecular complexity index is 401. The van der Waals surface area contributed by atoms with Crippen LogP contribution in [0.4, 0.5) is 0 Å². The van der Waals surface area contributed by atoms with Crippen molar-refractivity contribution in [2.45, 2.75) is 6.54 Å². The summed E-state index contributed by atoms with van der Waals surface area (Å²) in [5.74, 6) is -0.112. The molecule has 1 aliphatic heterocycles. The summed E-state index contributed by atoms with van der Waals surface area (Å²) in [7, 11) is 0. The molecular formula is C9H6BrNO2. The molecule has 0 spiro atoms. The van der Waals surface area contributed by atoms with E-state index in [1.807, 2.05) is 0 Å². The number of benzene rings is 1. The molecule has 0 atom stereocenters. The highest BCUT2D eigenvalue weighted by molar-refractivity contribution is 9.10. The predicted octanol–water partition coefficient (Wildman–Crippen LogP) is 1.50. The molecule has 0 unspecified atom stereocenters. The second-order valence-corrected chi connectivity index (χ2v) is 3.68. The second-order valence-electron chi connectivity index (χ2n) is 2.83. The van der Waals surface area contributed by atoms with Crippen molar-refractivity contribution in [3.63, 3.8) is 0 Å². The van der Waals surface area contributed by atoms with Crippen molar-refractivity contribution in [3.8, 4) is 0 Å². The Hall–Kier alpha value is -1.16. The summed E-state index contributed by atoms with van der Waals surface area (Å²) in [6.45, 7) is 0.536. The molecule has 1 aliphatic rings. The number of nitrogens with one attached hydrogen (secondary N) is 1. The fourth-order valence-electron chi connectivity index (χ4n) is 1.37. The Morgan fingerprint density at radius 2 is 2.23 bits per heavy atom. The molecule has 1 aromatic rings. The third-order valence-corrected chi connectivity index (χ3v) is 2.73. The summed E-state index contributed by atoms with van der Waals surface area (Å²) in [5, 5.41) is 2.69. The van der Waals surface area contributed by atoms with Gasteiger partial charge in [-0.3, -0.25) is 9.59 Å². The summed E-state index contributed by atoms with van der Waals surface area (Å²) in [6.07, 6.45) is 0.733. The molecule has 1 N–H and O–H groups in total. The number of fused-ring (bicyclic) bond motifs is 1. The molecule has 13 heavy (non-hydrogen) atoms. The van der Waals surface area contributed by atoms with Crippen LogP contribution < -0.4 is 5.32 Å². The summed E-state index contributed by atoms with van der Waals surface area (Å²) >= 11 is 3.32. The SMILES string of the molecule is O=Cc1cc(Br)c2c(c1)C(=O)NC2. The number of aldehydes is 1. The molecule has 66 valence electrons. The lowest BCUT2D eigenvalue weighted by molar-refractivity contribution is 0.0965. The van der Waals surface area contributed by atoms with Crippen LogP contribution in [0.25, 0.3) is 0 Å². The molecule has 2 rings (SSSR count). The number of carbonyl (C=O) groups excluding carboxylic acids is 2. The first-order chi connectivity index (χ1) is 6.22. The van der Waals surface area contributed by atoms with Crippen LogP contribution in [0.3, 0.4) is 0 Å². The van der Waals surface area contributed by atoms with E-state index in [1.165, 1.54) is 0 Å². The molecule has 0 aliphatic carbocycles. The first-order valence-electron chi connectivity index (χ1n) is 3.78. The van der Waals surface area contributed by atoms with Crippen LogP contribution in [0.1, 0.15) is 26.3 Å². The maximum atomic E-state index is 11.2. The number of halogens is 1. The molecule has 1 amide bonds. The zero-order valence-corrected chi connectivity index (χ0v) is 8.22. The third kappa shape index (κ3) is 1.27. The van der Waals surface area contributed by atoms with Gasteiger partial charge in [-0.1, -0.05) is 15.9 Å². The van der Waals surface area contributed by atoms with Crippen molar-refractivity contribution in [1.82, 2.24) is 5.32 Å². The Labute approximate surface area is 83.3 Å². The van der Waals surface area contributed by atoms with E-state index in [4.69, 9.17) is 0 Å². The zero-order valence-electron chi connectivity index (χ0n) is 6.63. The molecule has 0 bridgehead atoms. The van der Waals surface area contributed by atoms with E-state index in [-0.39, 0.29) is 5.91 Å². The lowest BCUT2D eigenvalue weighted by Gasteiger charge is -2.00. The first kappa shape index (κ1) is 8.44. The first-order valence-corrected chi connectivity index (χ1v) is 4.57. The smallest absolute Gasteiger partial charge is 0.251 e. The minimum absolute atomic E-state index is 0.112. The summed E-state index contributed by atoms with van der Waals surface area (Å²) in [5.41, 5.74) is 2.04. The van der Waals surface area contributed by atoms with E-state index in [0.717, 1.165) is 16.3 Å². The van der Waals surface area contributed by atoms with E-state index >= 15 is 0 Å². The highest BCUT2D eigenvalue weighted by Crippen LogP contribution is 2.25. The van der Waals surface area contributed by atoms with Crippen molar-refractivity contribution in [2.75, 3.05) is 0 Å². The second kappa shape index (κ2) is 2.96. The molecule has 3 nitrogen and oxygen atoms in total. The average Bonchev–Trinajstić information content (AvgIpc) is 2.48. The Balaban J connectivity index is 2.66. The molecule has 0 aromatic heterocycles. The molecule has 1 aromatic carbocycles. The van der Waals surface area contributed by atoms with E-state index in [0.29, 0.717) is 17.7 Å². The van der Waals surface area contributed by atoms with E-state index in [1.54, 1.807) is 12.1 Å². The number of hydrogen-bond donors (Lipinski definition) is 1. The molecular weight excluding hydrogens is 234 g/mol. The van der Waals surface area contributed by atoms with Gasteiger partial charge in [0.1, 0.15) is 6.29 Å². The molecule has 0 radical (unpaired) electrons. The number of hydrogen-bond acceptors (Lipinski definition) is 2. The van der Waals surface area contributed by atoms with Gasteiger partial charge in [-0.25, -0.2) is 0 Å². The number of rotatable bonds is 1. The van der Waals surface area contributed by atoms with Gasteiger partial charge in [0.05, 0.1) is 0 Å². The van der Waals surface area contributed by atoms with Crippen molar-refractivity contribution in [3.05, 3.63) is 33.3 Å². The molecule has 0 saturated heterocycles. The van der Waals surface area contributed by atoms with Crippen LogP contribution in [-0.4, -0.2) is 12.2 Å². The quantitative estimate of drug-likeness (QED) is 0.756. The van der Waals surface area contributed by atoms with Crippen LogP contribution in [0.15, 0.2) is 16.6 Å². The van der Waals surface area contributed by atoms with Gasteiger partial charge in [0.15, 0.2) is 0 Å². The molecule has 4 heteroatoms.